The summed E-state index contributed by atoms with van der Waals surface area (Å²) in [6.07, 6.45) is 4.67. The van der Waals surface area contributed by atoms with Crippen molar-refractivity contribution < 1.29 is 4.42 Å². The van der Waals surface area contributed by atoms with Gasteiger partial charge < -0.3 is 4.42 Å². The van der Waals surface area contributed by atoms with E-state index in [1.807, 2.05) is 0 Å². The lowest BCUT2D eigenvalue weighted by molar-refractivity contribution is 0.557. The zero-order chi connectivity index (χ0) is 10.7. The van der Waals surface area contributed by atoms with Crippen LogP contribution in [0.4, 0.5) is 0 Å². The van der Waals surface area contributed by atoms with E-state index in [9.17, 15) is 0 Å². The van der Waals surface area contributed by atoms with Crippen LogP contribution in [0.2, 0.25) is 0 Å². The Bertz CT molecular complexity index is 440. The first-order valence-electron chi connectivity index (χ1n) is 5.84. The summed E-state index contributed by atoms with van der Waals surface area (Å²) in [7, 11) is 0. The summed E-state index contributed by atoms with van der Waals surface area (Å²) in [4.78, 5) is 0. The molecule has 0 saturated carbocycles. The molecule has 0 atom stereocenters. The standard InChI is InChI=1S/C14H18O/c1-3-5-6-11-7-8-14-12(9-11)10-13(4-2)15-14/h7-10H,3-6H2,1-2H3. The van der Waals surface area contributed by atoms with E-state index in [2.05, 4.69) is 38.1 Å². The highest BCUT2D eigenvalue weighted by atomic mass is 16.3. The smallest absolute Gasteiger partial charge is 0.134 e. The Hall–Kier alpha value is -1.24. The molecule has 0 aliphatic rings. The number of hydrogen-bond donors (Lipinski definition) is 0. The lowest BCUT2D eigenvalue weighted by Gasteiger charge is -1.98. The highest BCUT2D eigenvalue weighted by Crippen LogP contribution is 2.21. The average molecular weight is 202 g/mol. The van der Waals surface area contributed by atoms with Crippen molar-refractivity contribution in [1.82, 2.24) is 0 Å². The van der Waals surface area contributed by atoms with E-state index >= 15 is 0 Å². The SMILES string of the molecule is CCCCc1ccc2oc(CC)cc2c1. The van der Waals surface area contributed by atoms with Gasteiger partial charge >= 0.3 is 0 Å². The minimum absolute atomic E-state index is 0.971. The van der Waals surface area contributed by atoms with Gasteiger partial charge in [-0.1, -0.05) is 26.3 Å². The fourth-order valence-corrected chi connectivity index (χ4v) is 1.86. The van der Waals surface area contributed by atoms with Crippen LogP contribution in [-0.2, 0) is 12.8 Å². The molecular weight excluding hydrogens is 184 g/mol. The quantitative estimate of drug-likeness (QED) is 0.719. The van der Waals surface area contributed by atoms with Crippen LogP contribution < -0.4 is 0 Å². The Balaban J connectivity index is 2.29. The molecule has 1 heteroatoms. The third kappa shape index (κ3) is 2.23. The van der Waals surface area contributed by atoms with Crippen molar-refractivity contribution in [1.29, 1.82) is 0 Å². The van der Waals surface area contributed by atoms with Gasteiger partial charge in [0.25, 0.3) is 0 Å². The van der Waals surface area contributed by atoms with Gasteiger partial charge in [-0.15, -0.1) is 0 Å². The topological polar surface area (TPSA) is 13.1 Å². The molecule has 0 unspecified atom stereocenters. The highest BCUT2D eigenvalue weighted by molar-refractivity contribution is 5.78. The monoisotopic (exact) mass is 202 g/mol. The summed E-state index contributed by atoms with van der Waals surface area (Å²) in [5.41, 5.74) is 2.44. The molecule has 1 aromatic heterocycles. The predicted octanol–water partition coefficient (Wildman–Crippen LogP) is 4.34. The molecule has 0 aliphatic heterocycles. The lowest BCUT2D eigenvalue weighted by Crippen LogP contribution is -1.82. The maximum Gasteiger partial charge on any atom is 0.134 e. The summed E-state index contributed by atoms with van der Waals surface area (Å²) in [5, 5.41) is 1.25. The molecule has 2 rings (SSSR count). The maximum absolute atomic E-state index is 5.68. The zero-order valence-corrected chi connectivity index (χ0v) is 9.55. The summed E-state index contributed by atoms with van der Waals surface area (Å²) in [5.74, 6) is 1.08. The van der Waals surface area contributed by atoms with Gasteiger partial charge in [0.05, 0.1) is 0 Å². The van der Waals surface area contributed by atoms with Gasteiger partial charge in [-0.05, 0) is 36.6 Å². The molecule has 0 saturated heterocycles. The second-order valence-electron chi connectivity index (χ2n) is 4.04. The lowest BCUT2D eigenvalue weighted by atomic mass is 10.1. The van der Waals surface area contributed by atoms with Crippen LogP contribution in [0, 0.1) is 0 Å². The Morgan fingerprint density at radius 1 is 1.13 bits per heavy atom. The van der Waals surface area contributed by atoms with Crippen LogP contribution >= 0.6 is 0 Å². The second-order valence-corrected chi connectivity index (χ2v) is 4.04. The fraction of sp³-hybridized carbons (Fsp3) is 0.429. The van der Waals surface area contributed by atoms with E-state index < -0.39 is 0 Å². The molecule has 80 valence electrons. The summed E-state index contributed by atoms with van der Waals surface area (Å²) >= 11 is 0. The number of fused-ring (bicyclic) bond motifs is 1. The van der Waals surface area contributed by atoms with E-state index in [1.54, 1.807) is 0 Å². The van der Waals surface area contributed by atoms with Crippen LogP contribution in [0.1, 0.15) is 38.0 Å². The molecular formula is C14H18O. The molecule has 2 aromatic rings. The summed E-state index contributed by atoms with van der Waals surface area (Å²) in [6, 6.07) is 8.69. The van der Waals surface area contributed by atoms with Gasteiger partial charge in [0.2, 0.25) is 0 Å². The van der Waals surface area contributed by atoms with Crippen LogP contribution in [0.3, 0.4) is 0 Å². The van der Waals surface area contributed by atoms with Crippen LogP contribution in [0.25, 0.3) is 11.0 Å². The minimum Gasteiger partial charge on any atom is -0.461 e. The molecule has 0 spiro atoms. The Morgan fingerprint density at radius 3 is 2.73 bits per heavy atom. The van der Waals surface area contributed by atoms with Crippen LogP contribution in [0.15, 0.2) is 28.7 Å². The molecule has 1 nitrogen and oxygen atoms in total. The number of rotatable bonds is 4. The third-order valence-electron chi connectivity index (χ3n) is 2.80. The van der Waals surface area contributed by atoms with Crippen LogP contribution in [0.5, 0.6) is 0 Å². The maximum atomic E-state index is 5.68. The average Bonchev–Trinajstić information content (AvgIpc) is 2.68. The van der Waals surface area contributed by atoms with Crippen molar-refractivity contribution in [3.8, 4) is 0 Å². The number of unbranched alkanes of at least 4 members (excludes halogenated alkanes) is 1. The summed E-state index contributed by atoms with van der Waals surface area (Å²) in [6.45, 7) is 4.35. The first kappa shape index (κ1) is 10.3. The molecule has 15 heavy (non-hydrogen) atoms. The Morgan fingerprint density at radius 2 is 2.00 bits per heavy atom. The molecule has 0 aliphatic carbocycles. The molecule has 1 heterocycles. The third-order valence-corrected chi connectivity index (χ3v) is 2.80. The first-order valence-corrected chi connectivity index (χ1v) is 5.84. The molecule has 0 fully saturated rings. The Labute approximate surface area is 91.1 Å². The zero-order valence-electron chi connectivity index (χ0n) is 9.55. The molecule has 0 N–H and O–H groups in total. The van der Waals surface area contributed by atoms with Crippen molar-refractivity contribution in [3.05, 3.63) is 35.6 Å². The number of hydrogen-bond acceptors (Lipinski definition) is 1. The van der Waals surface area contributed by atoms with Gasteiger partial charge in [0.1, 0.15) is 11.3 Å². The van der Waals surface area contributed by atoms with Crippen molar-refractivity contribution >= 4 is 11.0 Å². The molecule has 0 amide bonds. The number of furan rings is 1. The largest absolute Gasteiger partial charge is 0.461 e. The van der Waals surface area contributed by atoms with Crippen molar-refractivity contribution in [2.45, 2.75) is 39.5 Å². The second kappa shape index (κ2) is 4.52. The normalized spacial score (nSPS) is 11.1. The molecule has 0 bridgehead atoms. The first-order chi connectivity index (χ1) is 7.33. The molecule has 1 aromatic carbocycles. The van der Waals surface area contributed by atoms with E-state index in [4.69, 9.17) is 4.42 Å². The van der Waals surface area contributed by atoms with Crippen LogP contribution in [-0.4, -0.2) is 0 Å². The van der Waals surface area contributed by atoms with Crippen molar-refractivity contribution in [2.75, 3.05) is 0 Å². The van der Waals surface area contributed by atoms with E-state index in [0.29, 0.717) is 0 Å². The van der Waals surface area contributed by atoms with Crippen molar-refractivity contribution in [2.24, 2.45) is 0 Å². The Kier molecular flexibility index (Phi) is 3.10. The van der Waals surface area contributed by atoms with Gasteiger partial charge in [0, 0.05) is 11.8 Å². The van der Waals surface area contributed by atoms with E-state index in [0.717, 1.165) is 17.8 Å². The van der Waals surface area contributed by atoms with Gasteiger partial charge in [-0.25, -0.2) is 0 Å². The number of aryl methyl sites for hydroxylation is 2. The van der Waals surface area contributed by atoms with Gasteiger partial charge in [-0.3, -0.25) is 0 Å². The fourth-order valence-electron chi connectivity index (χ4n) is 1.86. The van der Waals surface area contributed by atoms with Gasteiger partial charge in [-0.2, -0.15) is 0 Å². The van der Waals surface area contributed by atoms with Gasteiger partial charge in [0.15, 0.2) is 0 Å². The highest BCUT2D eigenvalue weighted by Gasteiger charge is 2.02. The number of benzene rings is 1. The molecule has 0 radical (unpaired) electrons. The summed E-state index contributed by atoms with van der Waals surface area (Å²) < 4.78 is 5.68. The predicted molar refractivity (Wildman–Crippen MR) is 64.2 cm³/mol. The van der Waals surface area contributed by atoms with Crippen molar-refractivity contribution in [3.63, 3.8) is 0 Å². The van der Waals surface area contributed by atoms with E-state index in [-0.39, 0.29) is 0 Å². The van der Waals surface area contributed by atoms with E-state index in [1.165, 1.54) is 30.2 Å². The minimum atomic E-state index is 0.971.